The highest BCUT2D eigenvalue weighted by atomic mass is 32.1. The van der Waals surface area contributed by atoms with Crippen molar-refractivity contribution in [3.05, 3.63) is 75.7 Å². The second-order valence-corrected chi connectivity index (χ2v) is 18.7. The van der Waals surface area contributed by atoms with E-state index < -0.39 is 5.97 Å². The van der Waals surface area contributed by atoms with Crippen LogP contribution in [0.2, 0.25) is 0 Å². The zero-order valence-corrected chi connectivity index (χ0v) is 35.7. The summed E-state index contributed by atoms with van der Waals surface area (Å²) in [7, 11) is 0. The Labute approximate surface area is 337 Å². The van der Waals surface area contributed by atoms with E-state index in [2.05, 4.69) is 80.8 Å². The van der Waals surface area contributed by atoms with E-state index in [9.17, 15) is 15.2 Å². The van der Waals surface area contributed by atoms with E-state index in [-0.39, 0.29) is 5.57 Å². The largest absolute Gasteiger partial charge is 0.477 e. The minimum absolute atomic E-state index is 0.200. The number of nitrogens with zero attached hydrogens (tertiary/aromatic N) is 2. The van der Waals surface area contributed by atoms with Crippen molar-refractivity contribution < 1.29 is 9.90 Å². The highest BCUT2D eigenvalue weighted by molar-refractivity contribution is 7.30. The molecule has 6 aromatic rings. The topological polar surface area (TPSA) is 66.0 Å². The fourth-order valence-electron chi connectivity index (χ4n) is 7.52. The Balaban J connectivity index is 1.44. The first-order valence-electron chi connectivity index (χ1n) is 20.2. The number of aryl methyl sites for hydroxylation is 4. The van der Waals surface area contributed by atoms with E-state index in [1.54, 1.807) is 17.4 Å². The fraction of sp³-hybridized carbons (Fsp3) is 0.435. The molecule has 0 amide bonds. The summed E-state index contributed by atoms with van der Waals surface area (Å²) in [6, 6.07) is 20.4. The Bertz CT molecular complexity index is 2250. The van der Waals surface area contributed by atoms with Gasteiger partial charge in [0, 0.05) is 51.6 Å². The zero-order chi connectivity index (χ0) is 38.0. The molecule has 4 nitrogen and oxygen atoms in total. The van der Waals surface area contributed by atoms with Crippen LogP contribution in [0.1, 0.15) is 126 Å². The number of hydrogen-bond donors (Lipinski definition) is 1. The number of thiophene rings is 4. The zero-order valence-electron chi connectivity index (χ0n) is 32.4. The summed E-state index contributed by atoms with van der Waals surface area (Å²) >= 11 is 7.47. The number of para-hydroxylation sites is 1. The number of carbonyl (C=O) groups is 1. The molecule has 8 heteroatoms. The number of nitriles is 1. The number of benzene rings is 1. The molecule has 0 bridgehead atoms. The van der Waals surface area contributed by atoms with Crippen LogP contribution >= 0.6 is 45.3 Å². The molecular weight excluding hydrogens is 741 g/mol. The summed E-state index contributed by atoms with van der Waals surface area (Å²) in [5, 5.41) is 20.7. The van der Waals surface area contributed by atoms with Gasteiger partial charge >= 0.3 is 5.97 Å². The number of unbranched alkanes of at least 4 members (excludes halogenated alkanes) is 9. The average molecular weight is 795 g/mol. The highest BCUT2D eigenvalue weighted by Crippen LogP contribution is 2.49. The minimum Gasteiger partial charge on any atom is -0.477 e. The summed E-state index contributed by atoms with van der Waals surface area (Å²) < 4.78 is 3.84. The molecule has 0 saturated carbocycles. The number of carboxylic acids is 1. The Morgan fingerprint density at radius 1 is 0.667 bits per heavy atom. The van der Waals surface area contributed by atoms with Crippen LogP contribution in [0.25, 0.3) is 56.5 Å². The van der Waals surface area contributed by atoms with Crippen molar-refractivity contribution in [1.82, 2.24) is 4.57 Å². The first-order chi connectivity index (χ1) is 26.4. The Kier molecular flexibility index (Phi) is 14.4. The molecule has 0 atom stereocenters. The summed E-state index contributed by atoms with van der Waals surface area (Å²) in [5.41, 5.74) is 6.48. The normalized spacial score (nSPS) is 12.0. The molecule has 0 aliphatic rings. The van der Waals surface area contributed by atoms with Crippen LogP contribution in [0.3, 0.4) is 0 Å². The van der Waals surface area contributed by atoms with Crippen molar-refractivity contribution in [2.24, 2.45) is 0 Å². The third-order valence-electron chi connectivity index (χ3n) is 10.4. The molecule has 54 heavy (non-hydrogen) atoms. The van der Waals surface area contributed by atoms with Gasteiger partial charge in [-0.05, 0) is 98.5 Å². The van der Waals surface area contributed by atoms with Gasteiger partial charge in [0.05, 0.1) is 10.2 Å². The van der Waals surface area contributed by atoms with Crippen LogP contribution in [-0.2, 0) is 30.6 Å². The lowest BCUT2D eigenvalue weighted by atomic mass is 10.0. The van der Waals surface area contributed by atoms with Gasteiger partial charge in [-0.1, -0.05) is 96.8 Å². The molecule has 284 valence electrons. The van der Waals surface area contributed by atoms with Gasteiger partial charge in [0.2, 0.25) is 0 Å². The van der Waals surface area contributed by atoms with Crippen LogP contribution < -0.4 is 0 Å². The second-order valence-electron chi connectivity index (χ2n) is 14.4. The lowest BCUT2D eigenvalue weighted by Crippen LogP contribution is -1.97. The van der Waals surface area contributed by atoms with Gasteiger partial charge in [-0.3, -0.25) is 0 Å². The minimum atomic E-state index is -1.16. The van der Waals surface area contributed by atoms with Gasteiger partial charge in [0.1, 0.15) is 11.6 Å². The standard InChI is InChI=1S/C46H54N2O2S4/c1-5-9-12-15-20-31-25-41(51-38(31)28-34(30-47)46(49)50)43-33(22-17-14-11-7-3)27-42(54-43)44-32(21-16-13-10-6-2)26-39(52-44)40-29-37-45(53-40)35-23-18-19-24-36(35)48(37)8-4/h18-19,23-29H,5-17,20-22H2,1-4H3,(H,49,50)/b34-28-. The molecular formula is C46H54N2O2S4. The lowest BCUT2D eigenvalue weighted by molar-refractivity contribution is -0.132. The van der Waals surface area contributed by atoms with Crippen LogP contribution in [0, 0.1) is 11.3 Å². The molecule has 0 aliphatic carbocycles. The Morgan fingerprint density at radius 2 is 1.20 bits per heavy atom. The van der Waals surface area contributed by atoms with Gasteiger partial charge in [0.15, 0.2) is 0 Å². The van der Waals surface area contributed by atoms with Gasteiger partial charge in [-0.25, -0.2) is 4.79 Å². The molecule has 1 N–H and O–H groups in total. The maximum atomic E-state index is 11.9. The molecule has 0 spiro atoms. The third kappa shape index (κ3) is 9.13. The van der Waals surface area contributed by atoms with E-state index in [1.807, 2.05) is 40.1 Å². The van der Waals surface area contributed by atoms with E-state index >= 15 is 0 Å². The molecule has 6 rings (SSSR count). The second kappa shape index (κ2) is 19.4. The summed E-state index contributed by atoms with van der Waals surface area (Å²) in [6.45, 7) is 9.96. The molecule has 1 aromatic carbocycles. The number of aliphatic carboxylic acids is 1. The smallest absolute Gasteiger partial charge is 0.346 e. The SMILES string of the molecule is CCCCCCc1cc(-c2sc(-c3sc(-c4cc5c(s4)c4ccccc4n5CC)cc3CCCCCC)cc2CCCCCC)sc1/C=C(/C#N)C(=O)O. The Hall–Kier alpha value is -3.48. The molecule has 0 unspecified atom stereocenters. The molecule has 5 aromatic heterocycles. The van der Waals surface area contributed by atoms with Gasteiger partial charge in [0.25, 0.3) is 0 Å². The predicted octanol–water partition coefficient (Wildman–Crippen LogP) is 15.4. The number of hydrogen-bond acceptors (Lipinski definition) is 6. The fourth-order valence-corrected chi connectivity index (χ4v) is 12.6. The van der Waals surface area contributed by atoms with Crippen molar-refractivity contribution in [3.8, 4) is 35.3 Å². The molecule has 0 saturated heterocycles. The number of carboxylic acid groups (broad SMARTS) is 1. The summed E-state index contributed by atoms with van der Waals surface area (Å²) in [4.78, 5) is 20.8. The Morgan fingerprint density at radius 3 is 1.80 bits per heavy atom. The van der Waals surface area contributed by atoms with Crippen LogP contribution in [0.5, 0.6) is 0 Å². The van der Waals surface area contributed by atoms with E-state index in [0.717, 1.165) is 55.5 Å². The van der Waals surface area contributed by atoms with Crippen molar-refractivity contribution in [2.75, 3.05) is 0 Å². The number of aromatic nitrogens is 1. The van der Waals surface area contributed by atoms with Gasteiger partial charge in [-0.15, -0.1) is 45.3 Å². The van der Waals surface area contributed by atoms with Crippen molar-refractivity contribution in [1.29, 1.82) is 5.26 Å². The van der Waals surface area contributed by atoms with E-state index in [4.69, 9.17) is 0 Å². The van der Waals surface area contributed by atoms with Gasteiger partial charge < -0.3 is 9.67 Å². The van der Waals surface area contributed by atoms with Crippen molar-refractivity contribution >= 4 is 78.5 Å². The molecule has 5 heterocycles. The maximum Gasteiger partial charge on any atom is 0.346 e. The predicted molar refractivity (Wildman–Crippen MR) is 238 cm³/mol. The van der Waals surface area contributed by atoms with Gasteiger partial charge in [-0.2, -0.15) is 5.26 Å². The molecule has 0 aliphatic heterocycles. The van der Waals surface area contributed by atoms with Crippen LogP contribution in [-0.4, -0.2) is 15.6 Å². The monoisotopic (exact) mass is 794 g/mol. The summed E-state index contributed by atoms with van der Waals surface area (Å²) in [6.07, 6.45) is 19.0. The molecule has 0 radical (unpaired) electrons. The van der Waals surface area contributed by atoms with E-state index in [0.29, 0.717) is 0 Å². The maximum absolute atomic E-state index is 11.9. The lowest BCUT2D eigenvalue weighted by Gasteiger charge is -2.02. The quantitative estimate of drug-likeness (QED) is 0.0448. The first-order valence-corrected chi connectivity index (χ1v) is 23.4. The summed E-state index contributed by atoms with van der Waals surface area (Å²) in [5.74, 6) is -1.16. The first kappa shape index (κ1) is 40.2. The van der Waals surface area contributed by atoms with Crippen molar-refractivity contribution in [3.63, 3.8) is 0 Å². The van der Waals surface area contributed by atoms with Crippen LogP contribution in [0.4, 0.5) is 0 Å². The average Bonchev–Trinajstić information content (AvgIpc) is 4.00. The third-order valence-corrected chi connectivity index (χ3v) is 15.6. The number of rotatable bonds is 21. The highest BCUT2D eigenvalue weighted by Gasteiger charge is 2.22. The van der Waals surface area contributed by atoms with Crippen LogP contribution in [0.15, 0.2) is 54.1 Å². The van der Waals surface area contributed by atoms with E-state index in [1.165, 1.54) is 119 Å². The van der Waals surface area contributed by atoms with Crippen molar-refractivity contribution in [2.45, 2.75) is 131 Å². The molecule has 0 fully saturated rings. The number of fused-ring (bicyclic) bond motifs is 3.